The summed E-state index contributed by atoms with van der Waals surface area (Å²) in [6.07, 6.45) is 9.44. The number of nitrogens with zero attached hydrogens (tertiary/aromatic N) is 1. The van der Waals surface area contributed by atoms with E-state index in [1.807, 2.05) is 0 Å². The largest absolute Gasteiger partial charge is 0.329 e. The lowest BCUT2D eigenvalue weighted by Crippen LogP contribution is -2.59. The second-order valence-electron chi connectivity index (χ2n) is 6.51. The molecule has 0 aromatic rings. The fraction of sp³-hybridized carbons (Fsp3) is 1.00. The lowest BCUT2D eigenvalue weighted by molar-refractivity contribution is 0.00745. The van der Waals surface area contributed by atoms with E-state index in [1.165, 1.54) is 44.9 Å². The molecule has 2 N–H and O–H groups in total. The van der Waals surface area contributed by atoms with E-state index in [0.717, 1.165) is 24.5 Å². The molecule has 1 saturated carbocycles. The second kappa shape index (κ2) is 5.27. The number of nitrogens with two attached hydrogens (primary N) is 1. The van der Waals surface area contributed by atoms with Crippen LogP contribution in [0.5, 0.6) is 0 Å². The third-order valence-corrected chi connectivity index (χ3v) is 5.39. The zero-order valence-electron chi connectivity index (χ0n) is 11.9. The van der Waals surface area contributed by atoms with Crippen molar-refractivity contribution in [3.8, 4) is 0 Å². The molecule has 0 bridgehead atoms. The molecule has 2 atom stereocenters. The van der Waals surface area contributed by atoms with Crippen LogP contribution < -0.4 is 5.73 Å². The van der Waals surface area contributed by atoms with Crippen LogP contribution in [-0.2, 0) is 0 Å². The SMILES string of the molecule is CCC1CCC(C)N1C1(CN)CCC(C)CC1. The van der Waals surface area contributed by atoms with E-state index in [0.29, 0.717) is 5.54 Å². The summed E-state index contributed by atoms with van der Waals surface area (Å²) in [4.78, 5) is 2.82. The Hall–Kier alpha value is -0.0800. The first-order valence-corrected chi connectivity index (χ1v) is 7.61. The molecule has 1 aliphatic carbocycles. The molecule has 2 fully saturated rings. The van der Waals surface area contributed by atoms with Crippen molar-refractivity contribution in [2.24, 2.45) is 11.7 Å². The van der Waals surface area contributed by atoms with Gasteiger partial charge in [-0.05, 0) is 57.8 Å². The van der Waals surface area contributed by atoms with Gasteiger partial charge >= 0.3 is 0 Å². The smallest absolute Gasteiger partial charge is 0.0337 e. The molecule has 17 heavy (non-hydrogen) atoms. The predicted octanol–water partition coefficient (Wildman–Crippen LogP) is 3.16. The fourth-order valence-corrected chi connectivity index (χ4v) is 4.19. The van der Waals surface area contributed by atoms with Gasteiger partial charge in [-0.15, -0.1) is 0 Å². The summed E-state index contributed by atoms with van der Waals surface area (Å²) in [5, 5.41) is 0. The second-order valence-corrected chi connectivity index (χ2v) is 6.51. The van der Waals surface area contributed by atoms with Crippen LogP contribution >= 0.6 is 0 Å². The summed E-state index contributed by atoms with van der Waals surface area (Å²) in [6, 6.07) is 1.54. The van der Waals surface area contributed by atoms with E-state index in [4.69, 9.17) is 5.73 Å². The highest BCUT2D eigenvalue weighted by atomic mass is 15.3. The summed E-state index contributed by atoms with van der Waals surface area (Å²) >= 11 is 0. The van der Waals surface area contributed by atoms with Crippen molar-refractivity contribution in [3.05, 3.63) is 0 Å². The van der Waals surface area contributed by atoms with Gasteiger partial charge in [0.05, 0.1) is 0 Å². The molecular formula is C15H30N2. The maximum Gasteiger partial charge on any atom is 0.0337 e. The van der Waals surface area contributed by atoms with Crippen molar-refractivity contribution in [1.82, 2.24) is 4.90 Å². The third kappa shape index (κ3) is 2.39. The van der Waals surface area contributed by atoms with Gasteiger partial charge < -0.3 is 5.73 Å². The maximum atomic E-state index is 6.20. The molecule has 2 nitrogen and oxygen atoms in total. The first kappa shape index (κ1) is 13.4. The molecule has 0 radical (unpaired) electrons. The Kier molecular flexibility index (Phi) is 4.14. The van der Waals surface area contributed by atoms with Crippen LogP contribution in [-0.4, -0.2) is 29.1 Å². The molecule has 2 heteroatoms. The molecule has 0 aromatic heterocycles. The zero-order valence-corrected chi connectivity index (χ0v) is 11.9. The summed E-state index contributed by atoms with van der Waals surface area (Å²) in [5.74, 6) is 0.910. The Bertz CT molecular complexity index is 243. The Labute approximate surface area is 107 Å². The number of hydrogen-bond acceptors (Lipinski definition) is 2. The van der Waals surface area contributed by atoms with Crippen molar-refractivity contribution in [1.29, 1.82) is 0 Å². The van der Waals surface area contributed by atoms with Crippen LogP contribution in [0, 0.1) is 5.92 Å². The van der Waals surface area contributed by atoms with Crippen LogP contribution in [0.25, 0.3) is 0 Å². The highest BCUT2D eigenvalue weighted by molar-refractivity contribution is 5.02. The quantitative estimate of drug-likeness (QED) is 0.818. The summed E-state index contributed by atoms with van der Waals surface area (Å²) < 4.78 is 0. The molecule has 2 rings (SSSR count). The average Bonchev–Trinajstić information content (AvgIpc) is 2.73. The number of hydrogen-bond donors (Lipinski definition) is 1. The van der Waals surface area contributed by atoms with Crippen LogP contribution in [0.15, 0.2) is 0 Å². The lowest BCUT2D eigenvalue weighted by atomic mass is 9.75. The van der Waals surface area contributed by atoms with E-state index in [9.17, 15) is 0 Å². The Morgan fingerprint density at radius 2 is 1.76 bits per heavy atom. The third-order valence-electron chi connectivity index (χ3n) is 5.39. The summed E-state index contributed by atoms with van der Waals surface area (Å²) in [5.41, 5.74) is 6.54. The molecule has 2 aliphatic rings. The van der Waals surface area contributed by atoms with E-state index in [2.05, 4.69) is 25.7 Å². The Balaban J connectivity index is 2.16. The fourth-order valence-electron chi connectivity index (χ4n) is 4.19. The molecule has 0 spiro atoms. The molecule has 2 unspecified atom stereocenters. The lowest BCUT2D eigenvalue weighted by Gasteiger charge is -2.50. The highest BCUT2D eigenvalue weighted by Gasteiger charge is 2.45. The zero-order chi connectivity index (χ0) is 12.5. The van der Waals surface area contributed by atoms with Crippen LogP contribution in [0.1, 0.15) is 65.7 Å². The van der Waals surface area contributed by atoms with Crippen molar-refractivity contribution in [3.63, 3.8) is 0 Å². The minimum atomic E-state index is 0.336. The number of likely N-dealkylation sites (tertiary alicyclic amines) is 1. The molecule has 1 heterocycles. The van der Waals surface area contributed by atoms with Gasteiger partial charge in [0.15, 0.2) is 0 Å². The monoisotopic (exact) mass is 238 g/mol. The minimum Gasteiger partial charge on any atom is -0.329 e. The van der Waals surface area contributed by atoms with E-state index < -0.39 is 0 Å². The Morgan fingerprint density at radius 3 is 2.29 bits per heavy atom. The maximum absolute atomic E-state index is 6.20. The minimum absolute atomic E-state index is 0.336. The average molecular weight is 238 g/mol. The van der Waals surface area contributed by atoms with Gasteiger partial charge in [-0.25, -0.2) is 0 Å². The van der Waals surface area contributed by atoms with Gasteiger partial charge in [0.1, 0.15) is 0 Å². The van der Waals surface area contributed by atoms with Crippen LogP contribution in [0.4, 0.5) is 0 Å². The van der Waals surface area contributed by atoms with E-state index in [-0.39, 0.29) is 0 Å². The highest BCUT2D eigenvalue weighted by Crippen LogP contribution is 2.42. The normalized spacial score (nSPS) is 44.1. The first-order valence-electron chi connectivity index (χ1n) is 7.61. The van der Waals surface area contributed by atoms with Gasteiger partial charge in [-0.3, -0.25) is 4.90 Å². The van der Waals surface area contributed by atoms with Gasteiger partial charge in [0.2, 0.25) is 0 Å². The van der Waals surface area contributed by atoms with Crippen molar-refractivity contribution < 1.29 is 0 Å². The molecular weight excluding hydrogens is 208 g/mol. The topological polar surface area (TPSA) is 29.3 Å². The van der Waals surface area contributed by atoms with Gasteiger partial charge in [0.25, 0.3) is 0 Å². The van der Waals surface area contributed by atoms with Crippen LogP contribution in [0.3, 0.4) is 0 Å². The van der Waals surface area contributed by atoms with Gasteiger partial charge in [-0.2, -0.15) is 0 Å². The summed E-state index contributed by atoms with van der Waals surface area (Å²) in [7, 11) is 0. The van der Waals surface area contributed by atoms with Crippen molar-refractivity contribution in [2.75, 3.05) is 6.54 Å². The van der Waals surface area contributed by atoms with Gasteiger partial charge in [0, 0.05) is 24.2 Å². The van der Waals surface area contributed by atoms with E-state index >= 15 is 0 Å². The molecule has 100 valence electrons. The van der Waals surface area contributed by atoms with Crippen molar-refractivity contribution >= 4 is 0 Å². The Morgan fingerprint density at radius 1 is 1.12 bits per heavy atom. The predicted molar refractivity (Wildman–Crippen MR) is 74.0 cm³/mol. The number of rotatable bonds is 3. The molecule has 0 aromatic carbocycles. The van der Waals surface area contributed by atoms with Crippen LogP contribution in [0.2, 0.25) is 0 Å². The first-order chi connectivity index (χ1) is 8.13. The molecule has 1 saturated heterocycles. The van der Waals surface area contributed by atoms with Crippen molar-refractivity contribution in [2.45, 2.75) is 83.3 Å². The standard InChI is InChI=1S/C15H30N2/c1-4-14-6-5-13(3)17(14)15(11-16)9-7-12(2)8-10-15/h12-14H,4-11,16H2,1-3H3. The van der Waals surface area contributed by atoms with Gasteiger partial charge in [-0.1, -0.05) is 13.8 Å². The molecule has 0 amide bonds. The van der Waals surface area contributed by atoms with E-state index in [1.54, 1.807) is 0 Å². The molecule has 1 aliphatic heterocycles. The summed E-state index contributed by atoms with van der Waals surface area (Å²) in [6.45, 7) is 8.00.